The normalized spacial score (nSPS) is 10.6. The van der Waals surface area contributed by atoms with Crippen molar-refractivity contribution >= 4 is 10.8 Å². The first kappa shape index (κ1) is 8.11. The van der Waals surface area contributed by atoms with Gasteiger partial charge in [-0.25, -0.2) is 0 Å². The molecule has 1 heteroatoms. The lowest BCUT2D eigenvalue weighted by molar-refractivity contribution is 0.468. The molecule has 13 heavy (non-hydrogen) atoms. The van der Waals surface area contributed by atoms with Gasteiger partial charge in [-0.15, -0.1) is 0 Å². The summed E-state index contributed by atoms with van der Waals surface area (Å²) in [4.78, 5) is 0. The molecular weight excluding hydrogens is 160 g/mol. The minimum atomic E-state index is 0.415. The standard InChI is InChI=1S/C12H12O/c1-8-7-10-5-3-4-6-11(10)9(2)12(8)13/h3-7,13H,1-2H3. The number of aromatic hydroxyl groups is 1. The fourth-order valence-corrected chi connectivity index (χ4v) is 1.69. The molecule has 0 unspecified atom stereocenters. The van der Waals surface area contributed by atoms with E-state index in [1.54, 1.807) is 0 Å². The summed E-state index contributed by atoms with van der Waals surface area (Å²) in [5.74, 6) is 0.415. The van der Waals surface area contributed by atoms with Crippen LogP contribution in [0.4, 0.5) is 0 Å². The van der Waals surface area contributed by atoms with Gasteiger partial charge in [-0.2, -0.15) is 0 Å². The van der Waals surface area contributed by atoms with Gasteiger partial charge >= 0.3 is 0 Å². The van der Waals surface area contributed by atoms with E-state index < -0.39 is 0 Å². The second kappa shape index (κ2) is 2.77. The Hall–Kier alpha value is -1.50. The lowest BCUT2D eigenvalue weighted by Gasteiger charge is -2.07. The Labute approximate surface area is 77.6 Å². The van der Waals surface area contributed by atoms with E-state index in [-0.39, 0.29) is 0 Å². The number of hydrogen-bond acceptors (Lipinski definition) is 1. The molecule has 0 aliphatic heterocycles. The van der Waals surface area contributed by atoms with E-state index in [0.29, 0.717) is 5.75 Å². The average molecular weight is 172 g/mol. The van der Waals surface area contributed by atoms with Gasteiger partial charge in [0.05, 0.1) is 0 Å². The highest BCUT2D eigenvalue weighted by molar-refractivity contribution is 5.88. The monoisotopic (exact) mass is 172 g/mol. The van der Waals surface area contributed by atoms with E-state index in [4.69, 9.17) is 0 Å². The predicted octanol–water partition coefficient (Wildman–Crippen LogP) is 3.16. The Kier molecular flexibility index (Phi) is 1.73. The predicted molar refractivity (Wildman–Crippen MR) is 55.1 cm³/mol. The first-order valence-electron chi connectivity index (χ1n) is 4.38. The molecule has 2 aromatic rings. The van der Waals surface area contributed by atoms with Crippen molar-refractivity contribution in [2.45, 2.75) is 13.8 Å². The molecule has 1 nitrogen and oxygen atoms in total. The highest BCUT2D eigenvalue weighted by Crippen LogP contribution is 2.29. The van der Waals surface area contributed by atoms with Crippen molar-refractivity contribution in [3.05, 3.63) is 41.5 Å². The number of phenols is 1. The Morgan fingerprint density at radius 1 is 1.08 bits per heavy atom. The van der Waals surface area contributed by atoms with Gasteiger partial charge in [0.25, 0.3) is 0 Å². The molecule has 0 atom stereocenters. The van der Waals surface area contributed by atoms with Crippen LogP contribution in [0, 0.1) is 13.8 Å². The van der Waals surface area contributed by atoms with Crippen molar-refractivity contribution in [2.75, 3.05) is 0 Å². The van der Waals surface area contributed by atoms with Crippen LogP contribution in [0.3, 0.4) is 0 Å². The van der Waals surface area contributed by atoms with E-state index in [2.05, 4.69) is 6.07 Å². The number of hydrogen-bond donors (Lipinski definition) is 1. The van der Waals surface area contributed by atoms with Gasteiger partial charge in [0.1, 0.15) is 5.75 Å². The molecule has 0 aliphatic carbocycles. The zero-order valence-electron chi connectivity index (χ0n) is 7.83. The topological polar surface area (TPSA) is 20.2 Å². The number of benzene rings is 2. The van der Waals surface area contributed by atoms with Gasteiger partial charge in [-0.05, 0) is 41.8 Å². The third kappa shape index (κ3) is 1.17. The van der Waals surface area contributed by atoms with E-state index >= 15 is 0 Å². The summed E-state index contributed by atoms with van der Waals surface area (Å²) in [6.07, 6.45) is 0. The lowest BCUT2D eigenvalue weighted by atomic mass is 10.0. The molecule has 0 fully saturated rings. The van der Waals surface area contributed by atoms with Crippen molar-refractivity contribution in [2.24, 2.45) is 0 Å². The molecule has 0 spiro atoms. The highest BCUT2D eigenvalue weighted by atomic mass is 16.3. The van der Waals surface area contributed by atoms with Crippen LogP contribution in [-0.2, 0) is 0 Å². The van der Waals surface area contributed by atoms with Crippen LogP contribution in [0.5, 0.6) is 5.75 Å². The van der Waals surface area contributed by atoms with E-state index in [9.17, 15) is 5.11 Å². The molecule has 0 heterocycles. The van der Waals surface area contributed by atoms with Crippen LogP contribution in [0.25, 0.3) is 10.8 Å². The fraction of sp³-hybridized carbons (Fsp3) is 0.167. The zero-order chi connectivity index (χ0) is 9.42. The molecule has 0 aliphatic rings. The van der Waals surface area contributed by atoms with Gasteiger partial charge in [0.2, 0.25) is 0 Å². The first-order chi connectivity index (χ1) is 6.20. The summed E-state index contributed by atoms with van der Waals surface area (Å²) in [5, 5.41) is 12.0. The van der Waals surface area contributed by atoms with Crippen molar-refractivity contribution < 1.29 is 5.11 Å². The van der Waals surface area contributed by atoms with Crippen LogP contribution >= 0.6 is 0 Å². The van der Waals surface area contributed by atoms with Crippen molar-refractivity contribution in [1.82, 2.24) is 0 Å². The SMILES string of the molecule is Cc1cc2ccccc2c(C)c1O. The number of aryl methyl sites for hydroxylation is 2. The number of phenolic OH excluding ortho intramolecular Hbond substituents is 1. The summed E-state index contributed by atoms with van der Waals surface area (Å²) >= 11 is 0. The van der Waals surface area contributed by atoms with E-state index in [1.165, 1.54) is 5.39 Å². The second-order valence-electron chi connectivity index (χ2n) is 3.39. The van der Waals surface area contributed by atoms with Gasteiger partial charge in [-0.3, -0.25) is 0 Å². The molecule has 0 aromatic heterocycles. The summed E-state index contributed by atoms with van der Waals surface area (Å²) in [5.41, 5.74) is 1.91. The smallest absolute Gasteiger partial charge is 0.122 e. The average Bonchev–Trinajstić information content (AvgIpc) is 2.15. The third-order valence-electron chi connectivity index (χ3n) is 2.47. The lowest BCUT2D eigenvalue weighted by Crippen LogP contribution is -1.83. The quantitative estimate of drug-likeness (QED) is 0.647. The summed E-state index contributed by atoms with van der Waals surface area (Å²) in [7, 11) is 0. The summed E-state index contributed by atoms with van der Waals surface area (Å²) in [6, 6.07) is 10.1. The Morgan fingerprint density at radius 3 is 2.54 bits per heavy atom. The fourth-order valence-electron chi connectivity index (χ4n) is 1.69. The minimum Gasteiger partial charge on any atom is -0.507 e. The summed E-state index contributed by atoms with van der Waals surface area (Å²) in [6.45, 7) is 3.87. The molecule has 2 aromatic carbocycles. The van der Waals surface area contributed by atoms with Crippen LogP contribution in [0.15, 0.2) is 30.3 Å². The minimum absolute atomic E-state index is 0.415. The van der Waals surface area contributed by atoms with Gasteiger partial charge in [0, 0.05) is 0 Å². The third-order valence-corrected chi connectivity index (χ3v) is 2.47. The zero-order valence-corrected chi connectivity index (χ0v) is 7.83. The molecule has 66 valence electrons. The van der Waals surface area contributed by atoms with Crippen LogP contribution in [-0.4, -0.2) is 5.11 Å². The largest absolute Gasteiger partial charge is 0.507 e. The molecular formula is C12H12O. The van der Waals surface area contributed by atoms with Crippen molar-refractivity contribution in [1.29, 1.82) is 0 Å². The van der Waals surface area contributed by atoms with Crippen LogP contribution < -0.4 is 0 Å². The van der Waals surface area contributed by atoms with Gasteiger partial charge in [0.15, 0.2) is 0 Å². The molecule has 0 saturated carbocycles. The van der Waals surface area contributed by atoms with Crippen LogP contribution in [0.2, 0.25) is 0 Å². The Bertz CT molecular complexity index is 458. The maximum Gasteiger partial charge on any atom is 0.122 e. The van der Waals surface area contributed by atoms with Gasteiger partial charge in [-0.1, -0.05) is 24.3 Å². The van der Waals surface area contributed by atoms with Crippen molar-refractivity contribution in [3.8, 4) is 5.75 Å². The maximum atomic E-state index is 9.70. The Morgan fingerprint density at radius 2 is 1.77 bits per heavy atom. The molecule has 0 saturated heterocycles. The van der Waals surface area contributed by atoms with Crippen molar-refractivity contribution in [3.63, 3.8) is 0 Å². The molecule has 0 radical (unpaired) electrons. The number of rotatable bonds is 0. The van der Waals surface area contributed by atoms with Crippen LogP contribution in [0.1, 0.15) is 11.1 Å². The maximum absolute atomic E-state index is 9.70. The molecule has 0 amide bonds. The number of fused-ring (bicyclic) bond motifs is 1. The van der Waals surface area contributed by atoms with Gasteiger partial charge < -0.3 is 5.11 Å². The second-order valence-corrected chi connectivity index (χ2v) is 3.39. The molecule has 1 N–H and O–H groups in total. The first-order valence-corrected chi connectivity index (χ1v) is 4.38. The van der Waals surface area contributed by atoms with E-state index in [0.717, 1.165) is 16.5 Å². The van der Waals surface area contributed by atoms with E-state index in [1.807, 2.05) is 38.1 Å². The molecule has 0 bridgehead atoms. The molecule has 2 rings (SSSR count). The highest BCUT2D eigenvalue weighted by Gasteiger charge is 2.04. The Balaban J connectivity index is 2.94. The summed E-state index contributed by atoms with van der Waals surface area (Å²) < 4.78 is 0.